The average Bonchev–Trinajstić information content (AvgIpc) is 2.77. The summed E-state index contributed by atoms with van der Waals surface area (Å²) >= 11 is 1.55. The van der Waals surface area contributed by atoms with E-state index in [2.05, 4.69) is 15.1 Å². The van der Waals surface area contributed by atoms with Crippen LogP contribution in [0.5, 0.6) is 0 Å². The second kappa shape index (κ2) is 3.85. The molecule has 1 unspecified atom stereocenters. The van der Waals surface area contributed by atoms with Gasteiger partial charge >= 0.3 is 0 Å². The number of hydrogen-bond donors (Lipinski definition) is 1. The normalized spacial score (nSPS) is 13.0. The third-order valence-electron chi connectivity index (χ3n) is 2.04. The Balaban J connectivity index is 2.09. The summed E-state index contributed by atoms with van der Waals surface area (Å²) in [7, 11) is 1.86. The van der Waals surface area contributed by atoms with E-state index in [9.17, 15) is 0 Å². The van der Waals surface area contributed by atoms with Crippen LogP contribution in [0.15, 0.2) is 17.2 Å². The van der Waals surface area contributed by atoms with Crippen LogP contribution in [0.25, 0.3) is 0 Å². The molecule has 0 amide bonds. The number of nitrogens with zero attached hydrogens (tertiary/aromatic N) is 4. The van der Waals surface area contributed by atoms with Gasteiger partial charge in [-0.1, -0.05) is 0 Å². The van der Waals surface area contributed by atoms with E-state index in [1.165, 1.54) is 6.33 Å². The maximum Gasteiger partial charge on any atom is 0.138 e. The average molecular weight is 209 g/mol. The molecule has 5 nitrogen and oxygen atoms in total. The van der Waals surface area contributed by atoms with Crippen LogP contribution in [0.2, 0.25) is 0 Å². The molecule has 74 valence electrons. The standard InChI is InChI=1S/C8H11N5S/c1-13-8(10-4-12-13)2-6(9)7-3-14-5-11-7/h3-6H,2,9H2,1H3. The first kappa shape index (κ1) is 9.29. The van der Waals surface area contributed by atoms with Crippen molar-refractivity contribution < 1.29 is 0 Å². The topological polar surface area (TPSA) is 69.6 Å². The van der Waals surface area contributed by atoms with Crippen molar-refractivity contribution in [2.45, 2.75) is 12.5 Å². The van der Waals surface area contributed by atoms with Gasteiger partial charge in [-0.15, -0.1) is 11.3 Å². The Morgan fingerprint density at radius 3 is 3.00 bits per heavy atom. The van der Waals surface area contributed by atoms with Crippen LogP contribution in [-0.2, 0) is 13.5 Å². The Hall–Kier alpha value is -1.27. The summed E-state index contributed by atoms with van der Waals surface area (Å²) < 4.78 is 1.73. The summed E-state index contributed by atoms with van der Waals surface area (Å²) in [5, 5.41) is 5.94. The quantitative estimate of drug-likeness (QED) is 0.799. The fourth-order valence-corrected chi connectivity index (χ4v) is 1.83. The van der Waals surface area contributed by atoms with Gasteiger partial charge in [0.15, 0.2) is 0 Å². The van der Waals surface area contributed by atoms with Crippen molar-refractivity contribution in [1.82, 2.24) is 19.7 Å². The van der Waals surface area contributed by atoms with E-state index in [-0.39, 0.29) is 6.04 Å². The summed E-state index contributed by atoms with van der Waals surface area (Å²) in [6.07, 6.45) is 2.20. The van der Waals surface area contributed by atoms with Crippen molar-refractivity contribution in [3.63, 3.8) is 0 Å². The van der Waals surface area contributed by atoms with E-state index in [0.717, 1.165) is 11.5 Å². The molecule has 2 aromatic rings. The monoisotopic (exact) mass is 209 g/mol. The molecule has 2 heterocycles. The minimum Gasteiger partial charge on any atom is -0.322 e. The lowest BCUT2D eigenvalue weighted by molar-refractivity contribution is 0.621. The highest BCUT2D eigenvalue weighted by molar-refractivity contribution is 7.07. The van der Waals surface area contributed by atoms with E-state index in [0.29, 0.717) is 6.42 Å². The molecule has 0 aliphatic rings. The molecule has 0 bridgehead atoms. The Labute approximate surface area is 85.6 Å². The van der Waals surface area contributed by atoms with Crippen LogP contribution < -0.4 is 5.73 Å². The van der Waals surface area contributed by atoms with Gasteiger partial charge in [0, 0.05) is 18.8 Å². The van der Waals surface area contributed by atoms with Crippen LogP contribution in [-0.4, -0.2) is 19.7 Å². The molecule has 14 heavy (non-hydrogen) atoms. The van der Waals surface area contributed by atoms with E-state index in [1.807, 2.05) is 12.4 Å². The lowest BCUT2D eigenvalue weighted by atomic mass is 10.1. The number of aryl methyl sites for hydroxylation is 1. The number of thiazole rings is 1. The maximum atomic E-state index is 5.96. The van der Waals surface area contributed by atoms with Gasteiger partial charge in [-0.2, -0.15) is 5.10 Å². The zero-order chi connectivity index (χ0) is 9.97. The fraction of sp³-hybridized carbons (Fsp3) is 0.375. The van der Waals surface area contributed by atoms with Gasteiger partial charge in [0.05, 0.1) is 17.2 Å². The maximum absolute atomic E-state index is 5.96. The smallest absolute Gasteiger partial charge is 0.138 e. The molecule has 0 radical (unpaired) electrons. The molecule has 0 aromatic carbocycles. The van der Waals surface area contributed by atoms with Crippen molar-refractivity contribution in [2.24, 2.45) is 12.8 Å². The van der Waals surface area contributed by atoms with E-state index in [4.69, 9.17) is 5.73 Å². The zero-order valence-electron chi connectivity index (χ0n) is 7.79. The molecule has 0 aliphatic heterocycles. The molecule has 0 saturated heterocycles. The van der Waals surface area contributed by atoms with Gasteiger partial charge in [-0.05, 0) is 0 Å². The van der Waals surface area contributed by atoms with E-state index >= 15 is 0 Å². The van der Waals surface area contributed by atoms with Crippen LogP contribution in [0.1, 0.15) is 17.6 Å². The fourth-order valence-electron chi connectivity index (χ4n) is 1.21. The highest BCUT2D eigenvalue weighted by atomic mass is 32.1. The second-order valence-electron chi connectivity index (χ2n) is 3.02. The number of nitrogens with two attached hydrogens (primary N) is 1. The van der Waals surface area contributed by atoms with Crippen molar-refractivity contribution in [3.05, 3.63) is 28.7 Å². The van der Waals surface area contributed by atoms with Gasteiger partial charge in [0.2, 0.25) is 0 Å². The molecule has 2 rings (SSSR count). The van der Waals surface area contributed by atoms with Gasteiger partial charge in [-0.3, -0.25) is 4.68 Å². The molecule has 6 heteroatoms. The van der Waals surface area contributed by atoms with Crippen LogP contribution in [0.3, 0.4) is 0 Å². The molecule has 2 aromatic heterocycles. The van der Waals surface area contributed by atoms with E-state index < -0.39 is 0 Å². The van der Waals surface area contributed by atoms with Crippen molar-refractivity contribution in [1.29, 1.82) is 0 Å². The van der Waals surface area contributed by atoms with Gasteiger partial charge in [0.1, 0.15) is 12.2 Å². The first-order valence-corrected chi connectivity index (χ1v) is 5.18. The largest absolute Gasteiger partial charge is 0.322 e. The Bertz CT molecular complexity index is 394. The van der Waals surface area contributed by atoms with Crippen molar-refractivity contribution >= 4 is 11.3 Å². The molecular weight excluding hydrogens is 198 g/mol. The predicted octanol–water partition coefficient (Wildman–Crippen LogP) is 0.514. The van der Waals surface area contributed by atoms with E-state index in [1.54, 1.807) is 21.5 Å². The van der Waals surface area contributed by atoms with Crippen molar-refractivity contribution in [2.75, 3.05) is 0 Å². The summed E-state index contributed by atoms with van der Waals surface area (Å²) in [4.78, 5) is 8.28. The minimum atomic E-state index is -0.0934. The molecule has 0 aliphatic carbocycles. The lowest BCUT2D eigenvalue weighted by Gasteiger charge is -2.07. The van der Waals surface area contributed by atoms with Crippen LogP contribution in [0.4, 0.5) is 0 Å². The van der Waals surface area contributed by atoms with Crippen LogP contribution in [0, 0.1) is 0 Å². The number of aromatic nitrogens is 4. The summed E-state index contributed by atoms with van der Waals surface area (Å²) in [5.41, 5.74) is 8.66. The molecular formula is C8H11N5S. The minimum absolute atomic E-state index is 0.0934. The third kappa shape index (κ3) is 1.80. The number of rotatable bonds is 3. The van der Waals surface area contributed by atoms with Gasteiger partial charge < -0.3 is 5.73 Å². The molecule has 0 spiro atoms. The molecule has 0 saturated carbocycles. The Kier molecular flexibility index (Phi) is 2.55. The zero-order valence-corrected chi connectivity index (χ0v) is 8.61. The second-order valence-corrected chi connectivity index (χ2v) is 3.74. The van der Waals surface area contributed by atoms with Crippen LogP contribution >= 0.6 is 11.3 Å². The highest BCUT2D eigenvalue weighted by Crippen LogP contribution is 2.13. The van der Waals surface area contributed by atoms with Gasteiger partial charge in [-0.25, -0.2) is 9.97 Å². The first-order valence-electron chi connectivity index (χ1n) is 4.24. The molecule has 0 fully saturated rings. The molecule has 1 atom stereocenters. The van der Waals surface area contributed by atoms with Gasteiger partial charge in [0.25, 0.3) is 0 Å². The Morgan fingerprint density at radius 2 is 2.43 bits per heavy atom. The summed E-state index contributed by atoms with van der Waals surface area (Å²) in [5.74, 6) is 0.880. The third-order valence-corrected chi connectivity index (χ3v) is 2.64. The predicted molar refractivity (Wildman–Crippen MR) is 53.7 cm³/mol. The lowest BCUT2D eigenvalue weighted by Crippen LogP contribution is -2.16. The van der Waals surface area contributed by atoms with Crippen molar-refractivity contribution in [3.8, 4) is 0 Å². The molecule has 2 N–H and O–H groups in total. The number of hydrogen-bond acceptors (Lipinski definition) is 5. The summed E-state index contributed by atoms with van der Waals surface area (Å²) in [6, 6.07) is -0.0934. The SMILES string of the molecule is Cn1ncnc1CC(N)c1cscn1. The Morgan fingerprint density at radius 1 is 1.57 bits per heavy atom. The summed E-state index contributed by atoms with van der Waals surface area (Å²) in [6.45, 7) is 0. The highest BCUT2D eigenvalue weighted by Gasteiger charge is 2.11. The first-order chi connectivity index (χ1) is 6.77.